The average Bonchev–Trinajstić information content (AvgIpc) is 2.72. The van der Waals surface area contributed by atoms with E-state index in [4.69, 9.17) is 4.98 Å². The molecule has 112 valence electrons. The summed E-state index contributed by atoms with van der Waals surface area (Å²) in [5.41, 5.74) is 0.989. The maximum atomic E-state index is 11.3. The van der Waals surface area contributed by atoms with Crippen molar-refractivity contribution >= 4 is 22.8 Å². The second-order valence-corrected chi connectivity index (χ2v) is 6.94. The Balaban J connectivity index is 2.18. The lowest BCUT2D eigenvalue weighted by atomic mass is 10.0. The third-order valence-electron chi connectivity index (χ3n) is 4.53. The van der Waals surface area contributed by atoms with Crippen molar-refractivity contribution in [3.63, 3.8) is 0 Å². The van der Waals surface area contributed by atoms with Gasteiger partial charge in [0.05, 0.1) is 10.6 Å². The SMILES string of the molecule is CCC(C)c1nc(N(C)C2CCCCCC2)sc1C=O. The van der Waals surface area contributed by atoms with Crippen molar-refractivity contribution < 1.29 is 4.79 Å². The lowest BCUT2D eigenvalue weighted by Gasteiger charge is -2.26. The number of rotatable bonds is 5. The molecular formula is C16H26N2OS. The van der Waals surface area contributed by atoms with Gasteiger partial charge in [-0.2, -0.15) is 0 Å². The van der Waals surface area contributed by atoms with E-state index in [-0.39, 0.29) is 0 Å². The second kappa shape index (κ2) is 7.21. The van der Waals surface area contributed by atoms with Crippen LogP contribution in [0.5, 0.6) is 0 Å². The van der Waals surface area contributed by atoms with E-state index in [2.05, 4.69) is 25.8 Å². The van der Waals surface area contributed by atoms with Crippen LogP contribution < -0.4 is 4.90 Å². The molecule has 0 aliphatic heterocycles. The lowest BCUT2D eigenvalue weighted by Crippen LogP contribution is -2.30. The molecule has 2 rings (SSSR count). The van der Waals surface area contributed by atoms with Gasteiger partial charge in [0.1, 0.15) is 0 Å². The summed E-state index contributed by atoms with van der Waals surface area (Å²) < 4.78 is 0. The number of nitrogens with zero attached hydrogens (tertiary/aromatic N) is 2. The zero-order valence-electron chi connectivity index (χ0n) is 12.9. The number of hydrogen-bond donors (Lipinski definition) is 0. The molecule has 0 saturated heterocycles. The smallest absolute Gasteiger partial charge is 0.186 e. The summed E-state index contributed by atoms with van der Waals surface area (Å²) in [7, 11) is 2.14. The van der Waals surface area contributed by atoms with Gasteiger partial charge >= 0.3 is 0 Å². The number of aldehydes is 1. The van der Waals surface area contributed by atoms with Gasteiger partial charge in [-0.25, -0.2) is 4.98 Å². The fraction of sp³-hybridized carbons (Fsp3) is 0.750. The molecule has 1 fully saturated rings. The highest BCUT2D eigenvalue weighted by atomic mass is 32.1. The molecule has 1 aromatic rings. The number of thiazole rings is 1. The van der Waals surface area contributed by atoms with E-state index < -0.39 is 0 Å². The number of carbonyl (C=O) groups excluding carboxylic acids is 1. The van der Waals surface area contributed by atoms with Gasteiger partial charge in [-0.05, 0) is 25.2 Å². The topological polar surface area (TPSA) is 33.2 Å². The Morgan fingerprint density at radius 3 is 2.55 bits per heavy atom. The van der Waals surface area contributed by atoms with Crippen molar-refractivity contribution in [2.45, 2.75) is 70.8 Å². The van der Waals surface area contributed by atoms with Crippen molar-refractivity contribution in [3.05, 3.63) is 10.6 Å². The molecule has 0 bridgehead atoms. The highest BCUT2D eigenvalue weighted by Crippen LogP contribution is 2.33. The maximum Gasteiger partial charge on any atom is 0.186 e. The third kappa shape index (κ3) is 3.40. The first-order chi connectivity index (χ1) is 9.67. The highest BCUT2D eigenvalue weighted by molar-refractivity contribution is 7.17. The highest BCUT2D eigenvalue weighted by Gasteiger charge is 2.22. The van der Waals surface area contributed by atoms with Crippen LogP contribution in [0.25, 0.3) is 0 Å². The molecule has 1 saturated carbocycles. The van der Waals surface area contributed by atoms with E-state index in [9.17, 15) is 4.79 Å². The van der Waals surface area contributed by atoms with Crippen molar-refractivity contribution in [2.75, 3.05) is 11.9 Å². The fourth-order valence-corrected chi connectivity index (χ4v) is 3.95. The van der Waals surface area contributed by atoms with Crippen molar-refractivity contribution in [1.82, 2.24) is 4.98 Å². The van der Waals surface area contributed by atoms with E-state index in [1.807, 2.05) is 0 Å². The predicted molar refractivity (Wildman–Crippen MR) is 86.1 cm³/mol. The standard InChI is InChI=1S/C16H26N2OS/c1-4-12(2)15-14(11-19)20-16(17-15)18(3)13-9-7-5-6-8-10-13/h11-13H,4-10H2,1-3H3. The first-order valence-electron chi connectivity index (χ1n) is 7.86. The number of anilines is 1. The van der Waals surface area contributed by atoms with Crippen molar-refractivity contribution in [2.24, 2.45) is 0 Å². The van der Waals surface area contributed by atoms with Crippen LogP contribution in [0.1, 0.15) is 80.1 Å². The summed E-state index contributed by atoms with van der Waals surface area (Å²) in [6, 6.07) is 0.591. The van der Waals surface area contributed by atoms with Crippen LogP contribution in [0.3, 0.4) is 0 Å². The normalized spacial score (nSPS) is 18.6. The quantitative estimate of drug-likeness (QED) is 0.586. The summed E-state index contributed by atoms with van der Waals surface area (Å²) in [6.07, 6.45) is 9.87. The van der Waals surface area contributed by atoms with E-state index in [0.717, 1.165) is 28.4 Å². The molecule has 1 heterocycles. The Hall–Kier alpha value is -0.900. The first-order valence-corrected chi connectivity index (χ1v) is 8.67. The Bertz CT molecular complexity index is 436. The molecule has 0 N–H and O–H groups in total. The number of aromatic nitrogens is 1. The summed E-state index contributed by atoms with van der Waals surface area (Å²) in [5, 5.41) is 1.02. The van der Waals surface area contributed by atoms with Gasteiger partial charge in [0, 0.05) is 13.1 Å². The Morgan fingerprint density at radius 2 is 2.00 bits per heavy atom. The second-order valence-electron chi connectivity index (χ2n) is 5.93. The maximum absolute atomic E-state index is 11.3. The summed E-state index contributed by atoms with van der Waals surface area (Å²) in [5.74, 6) is 0.364. The van der Waals surface area contributed by atoms with Gasteiger partial charge in [0.15, 0.2) is 11.4 Å². The minimum absolute atomic E-state index is 0.364. The van der Waals surface area contributed by atoms with E-state index in [0.29, 0.717) is 12.0 Å². The first kappa shape index (κ1) is 15.5. The minimum atomic E-state index is 0.364. The van der Waals surface area contributed by atoms with Gasteiger partial charge < -0.3 is 4.90 Å². The molecule has 1 aliphatic rings. The van der Waals surface area contributed by atoms with E-state index >= 15 is 0 Å². The average molecular weight is 294 g/mol. The van der Waals surface area contributed by atoms with E-state index in [1.165, 1.54) is 38.5 Å². The number of hydrogen-bond acceptors (Lipinski definition) is 4. The molecule has 0 aromatic carbocycles. The zero-order valence-corrected chi connectivity index (χ0v) is 13.7. The van der Waals surface area contributed by atoms with Gasteiger partial charge in [0.2, 0.25) is 0 Å². The molecule has 1 unspecified atom stereocenters. The van der Waals surface area contributed by atoms with Crippen molar-refractivity contribution in [1.29, 1.82) is 0 Å². The molecular weight excluding hydrogens is 268 g/mol. The Morgan fingerprint density at radius 1 is 1.35 bits per heavy atom. The van der Waals surface area contributed by atoms with Gasteiger partial charge in [-0.15, -0.1) is 0 Å². The molecule has 3 nitrogen and oxygen atoms in total. The van der Waals surface area contributed by atoms with Crippen LogP contribution >= 0.6 is 11.3 Å². The van der Waals surface area contributed by atoms with Gasteiger partial charge in [0.25, 0.3) is 0 Å². The van der Waals surface area contributed by atoms with Crippen LogP contribution in [-0.4, -0.2) is 24.4 Å². The Labute approximate surface area is 126 Å². The van der Waals surface area contributed by atoms with Crippen LogP contribution in [0.2, 0.25) is 0 Å². The molecule has 0 spiro atoms. The largest absolute Gasteiger partial charge is 0.348 e. The molecule has 0 radical (unpaired) electrons. The van der Waals surface area contributed by atoms with Gasteiger partial charge in [-0.3, -0.25) is 4.79 Å². The summed E-state index contributed by atoms with van der Waals surface area (Å²) >= 11 is 1.56. The van der Waals surface area contributed by atoms with Crippen LogP contribution in [-0.2, 0) is 0 Å². The third-order valence-corrected chi connectivity index (χ3v) is 5.62. The summed E-state index contributed by atoms with van der Waals surface area (Å²) in [4.78, 5) is 19.2. The predicted octanol–water partition coefficient (Wildman–Crippen LogP) is 4.63. The zero-order chi connectivity index (χ0) is 14.5. The molecule has 0 amide bonds. The summed E-state index contributed by atoms with van der Waals surface area (Å²) in [6.45, 7) is 4.30. The van der Waals surface area contributed by atoms with Crippen LogP contribution in [0.4, 0.5) is 5.13 Å². The molecule has 1 aromatic heterocycles. The van der Waals surface area contributed by atoms with Gasteiger partial charge in [-0.1, -0.05) is 50.9 Å². The monoisotopic (exact) mass is 294 g/mol. The number of carbonyl (C=O) groups is 1. The van der Waals surface area contributed by atoms with Crippen LogP contribution in [0.15, 0.2) is 0 Å². The van der Waals surface area contributed by atoms with E-state index in [1.54, 1.807) is 11.3 Å². The molecule has 20 heavy (non-hydrogen) atoms. The molecule has 1 atom stereocenters. The fourth-order valence-electron chi connectivity index (χ4n) is 2.91. The molecule has 4 heteroatoms. The lowest BCUT2D eigenvalue weighted by molar-refractivity contribution is 0.112. The minimum Gasteiger partial charge on any atom is -0.348 e. The molecule has 1 aliphatic carbocycles. The van der Waals surface area contributed by atoms with Crippen LogP contribution in [0, 0.1) is 0 Å². The Kier molecular flexibility index (Phi) is 5.58. The van der Waals surface area contributed by atoms with Crippen molar-refractivity contribution in [3.8, 4) is 0 Å².